The van der Waals surface area contributed by atoms with Gasteiger partial charge >= 0.3 is 0 Å². The Bertz CT molecular complexity index is 865. The number of nitrogens with zero attached hydrogens (tertiary/aromatic N) is 5. The molecule has 2 atom stereocenters. The molecule has 2 saturated heterocycles. The van der Waals surface area contributed by atoms with Crippen LogP contribution in [0.15, 0.2) is 18.3 Å². The van der Waals surface area contributed by atoms with Crippen molar-refractivity contribution in [3.63, 3.8) is 0 Å². The molecule has 3 N–H and O–H groups in total. The van der Waals surface area contributed by atoms with Crippen molar-refractivity contribution in [1.29, 1.82) is 0 Å². The van der Waals surface area contributed by atoms with Crippen LogP contribution < -0.4 is 5.73 Å². The van der Waals surface area contributed by atoms with Crippen LogP contribution in [0.1, 0.15) is 15.5 Å². The summed E-state index contributed by atoms with van der Waals surface area (Å²) in [4.78, 5) is 34.6. The smallest absolute Gasteiger partial charge is 0.270 e. The highest BCUT2D eigenvalue weighted by Gasteiger charge is 2.54. The van der Waals surface area contributed by atoms with Crippen LogP contribution in [0, 0.1) is 11.3 Å². The number of carbonyl (C=O) groups excluding carboxylic acids is 2. The second kappa shape index (κ2) is 7.17. The van der Waals surface area contributed by atoms with E-state index in [0.29, 0.717) is 42.0 Å². The Morgan fingerprint density at radius 2 is 2.07 bits per heavy atom. The SMILES string of the molecule is CN(C)C[C@]12CN(C(=O)Cc3nnc(N)s3)C[C@H]1CN(C(=O)c1ccc[nH]1)C2. The van der Waals surface area contributed by atoms with Crippen LogP contribution in [0.4, 0.5) is 5.13 Å². The lowest BCUT2D eigenvalue weighted by atomic mass is 9.80. The molecule has 0 bridgehead atoms. The zero-order valence-electron chi connectivity index (χ0n) is 16.1. The summed E-state index contributed by atoms with van der Waals surface area (Å²) in [6.07, 6.45) is 1.99. The number of rotatable bonds is 5. The molecule has 2 aromatic heterocycles. The summed E-state index contributed by atoms with van der Waals surface area (Å²) in [5.41, 5.74) is 6.12. The molecule has 0 radical (unpaired) electrons. The van der Waals surface area contributed by atoms with E-state index in [9.17, 15) is 9.59 Å². The van der Waals surface area contributed by atoms with Gasteiger partial charge in [-0.2, -0.15) is 0 Å². The number of anilines is 1. The first-order chi connectivity index (χ1) is 13.4. The van der Waals surface area contributed by atoms with E-state index in [4.69, 9.17) is 5.73 Å². The van der Waals surface area contributed by atoms with Crippen LogP contribution in [0.3, 0.4) is 0 Å². The zero-order chi connectivity index (χ0) is 19.9. The number of nitrogens with two attached hydrogens (primary N) is 1. The van der Waals surface area contributed by atoms with Crippen molar-refractivity contribution < 1.29 is 9.59 Å². The topological polar surface area (TPSA) is 111 Å². The second-order valence-electron chi connectivity index (χ2n) is 8.05. The van der Waals surface area contributed by atoms with Gasteiger partial charge < -0.3 is 25.4 Å². The Labute approximate surface area is 167 Å². The average Bonchev–Trinajstić information content (AvgIpc) is 3.37. The molecule has 9 nitrogen and oxygen atoms in total. The first kappa shape index (κ1) is 18.9. The Hall–Kier alpha value is -2.46. The molecule has 2 fully saturated rings. The number of nitrogens with one attached hydrogen (secondary N) is 1. The molecule has 4 heterocycles. The molecular weight excluding hydrogens is 378 g/mol. The maximum Gasteiger partial charge on any atom is 0.270 e. The number of aromatic nitrogens is 3. The molecule has 0 aliphatic carbocycles. The van der Waals surface area contributed by atoms with E-state index in [-0.39, 0.29) is 29.6 Å². The van der Waals surface area contributed by atoms with Crippen molar-refractivity contribution in [2.24, 2.45) is 11.3 Å². The fourth-order valence-corrected chi connectivity index (χ4v) is 5.19. The van der Waals surface area contributed by atoms with Crippen LogP contribution in [0.2, 0.25) is 0 Å². The molecule has 0 aromatic carbocycles. The lowest BCUT2D eigenvalue weighted by molar-refractivity contribution is -0.130. The number of aromatic amines is 1. The number of carbonyl (C=O) groups is 2. The third-order valence-corrected chi connectivity index (χ3v) is 6.40. The molecule has 0 saturated carbocycles. The van der Waals surface area contributed by atoms with Crippen molar-refractivity contribution in [2.45, 2.75) is 6.42 Å². The van der Waals surface area contributed by atoms with Gasteiger partial charge in [-0.05, 0) is 26.2 Å². The van der Waals surface area contributed by atoms with E-state index in [1.165, 1.54) is 11.3 Å². The maximum atomic E-state index is 12.8. The van der Waals surface area contributed by atoms with Crippen molar-refractivity contribution in [1.82, 2.24) is 29.9 Å². The van der Waals surface area contributed by atoms with Crippen molar-refractivity contribution >= 4 is 28.3 Å². The Morgan fingerprint density at radius 1 is 1.32 bits per heavy atom. The van der Waals surface area contributed by atoms with Gasteiger partial charge in [0.15, 0.2) is 0 Å². The summed E-state index contributed by atoms with van der Waals surface area (Å²) < 4.78 is 0. The van der Waals surface area contributed by atoms with E-state index in [0.717, 1.165) is 6.54 Å². The quantitative estimate of drug-likeness (QED) is 0.735. The van der Waals surface area contributed by atoms with Crippen LogP contribution in [0.5, 0.6) is 0 Å². The summed E-state index contributed by atoms with van der Waals surface area (Å²) in [7, 11) is 4.07. The summed E-state index contributed by atoms with van der Waals surface area (Å²) in [6, 6.07) is 3.64. The zero-order valence-corrected chi connectivity index (χ0v) is 16.9. The van der Waals surface area contributed by atoms with Crippen LogP contribution in [-0.2, 0) is 11.2 Å². The molecule has 2 aliphatic heterocycles. The van der Waals surface area contributed by atoms with Gasteiger partial charge in [-0.3, -0.25) is 9.59 Å². The molecule has 2 aromatic rings. The highest BCUT2D eigenvalue weighted by Crippen LogP contribution is 2.43. The molecule has 2 amide bonds. The Morgan fingerprint density at radius 3 is 2.71 bits per heavy atom. The standard InChI is InChI=1S/C18H25N7O2S/c1-23(2)9-18-10-24(15(26)6-14-21-22-17(19)28-14)7-12(18)8-25(11-18)16(27)13-4-3-5-20-13/h3-5,12,20H,6-11H2,1-2H3,(H2,19,22)/t12-,18+/m0/s1. The number of nitrogen functional groups attached to an aromatic ring is 1. The van der Waals surface area contributed by atoms with Crippen LogP contribution in [-0.4, -0.2) is 88.5 Å². The van der Waals surface area contributed by atoms with E-state index < -0.39 is 0 Å². The maximum absolute atomic E-state index is 12.8. The van der Waals surface area contributed by atoms with Gasteiger partial charge in [-0.1, -0.05) is 11.3 Å². The molecule has 0 unspecified atom stereocenters. The molecular formula is C18H25N7O2S. The first-order valence-electron chi connectivity index (χ1n) is 9.29. The largest absolute Gasteiger partial charge is 0.374 e. The molecule has 0 spiro atoms. The predicted octanol–water partition coefficient (Wildman–Crippen LogP) is 0.153. The fourth-order valence-electron chi connectivity index (χ4n) is 4.59. The van der Waals surface area contributed by atoms with E-state index in [1.807, 2.05) is 30.0 Å². The van der Waals surface area contributed by atoms with Gasteiger partial charge in [0, 0.05) is 50.3 Å². The number of fused-ring (bicyclic) bond motifs is 1. The molecule has 4 rings (SSSR count). The number of H-pyrrole nitrogens is 1. The van der Waals surface area contributed by atoms with Gasteiger partial charge in [-0.25, -0.2) is 0 Å². The van der Waals surface area contributed by atoms with Gasteiger partial charge in [-0.15, -0.1) is 10.2 Å². The molecule has 150 valence electrons. The molecule has 10 heteroatoms. The highest BCUT2D eigenvalue weighted by molar-refractivity contribution is 7.15. The summed E-state index contributed by atoms with van der Waals surface area (Å²) in [6.45, 7) is 3.47. The summed E-state index contributed by atoms with van der Waals surface area (Å²) >= 11 is 1.25. The normalized spacial score (nSPS) is 24.2. The van der Waals surface area contributed by atoms with E-state index in [2.05, 4.69) is 20.1 Å². The van der Waals surface area contributed by atoms with Gasteiger partial charge in [0.05, 0.1) is 6.42 Å². The molecule has 28 heavy (non-hydrogen) atoms. The van der Waals surface area contributed by atoms with E-state index in [1.54, 1.807) is 12.3 Å². The monoisotopic (exact) mass is 403 g/mol. The van der Waals surface area contributed by atoms with Crippen molar-refractivity contribution in [2.75, 3.05) is 52.6 Å². The third kappa shape index (κ3) is 3.49. The average molecular weight is 404 g/mol. The first-order valence-corrected chi connectivity index (χ1v) is 10.1. The Balaban J connectivity index is 1.48. The number of likely N-dealkylation sites (tertiary alicyclic amines) is 2. The van der Waals surface area contributed by atoms with Crippen molar-refractivity contribution in [3.05, 3.63) is 29.0 Å². The lowest BCUT2D eigenvalue weighted by Gasteiger charge is -2.32. The summed E-state index contributed by atoms with van der Waals surface area (Å²) in [5, 5.41) is 8.76. The van der Waals surface area contributed by atoms with Gasteiger partial charge in [0.25, 0.3) is 5.91 Å². The minimum atomic E-state index is -0.110. The molecule has 2 aliphatic rings. The second-order valence-corrected chi connectivity index (χ2v) is 9.15. The third-order valence-electron chi connectivity index (χ3n) is 5.64. The van der Waals surface area contributed by atoms with Gasteiger partial charge in [0.2, 0.25) is 11.0 Å². The van der Waals surface area contributed by atoms with Crippen molar-refractivity contribution in [3.8, 4) is 0 Å². The predicted molar refractivity (Wildman–Crippen MR) is 106 cm³/mol. The lowest BCUT2D eigenvalue weighted by Crippen LogP contribution is -2.44. The Kier molecular flexibility index (Phi) is 4.84. The fraction of sp³-hybridized carbons (Fsp3) is 0.556. The van der Waals surface area contributed by atoms with E-state index >= 15 is 0 Å². The van der Waals surface area contributed by atoms with Gasteiger partial charge in [0.1, 0.15) is 10.7 Å². The number of hydrogen-bond donors (Lipinski definition) is 2. The minimum absolute atomic E-state index is 0.0275. The number of amides is 2. The summed E-state index contributed by atoms with van der Waals surface area (Å²) in [5.74, 6) is 0.336. The number of hydrogen-bond acceptors (Lipinski definition) is 7. The highest BCUT2D eigenvalue weighted by atomic mass is 32.1. The minimum Gasteiger partial charge on any atom is -0.374 e. The van der Waals surface area contributed by atoms with Crippen LogP contribution >= 0.6 is 11.3 Å². The van der Waals surface area contributed by atoms with Crippen LogP contribution in [0.25, 0.3) is 0 Å².